The zero-order valence-corrected chi connectivity index (χ0v) is 32.6. The van der Waals surface area contributed by atoms with Gasteiger partial charge in [-0.05, 0) is 38.5 Å². The summed E-state index contributed by atoms with van der Waals surface area (Å²) in [4.78, 5) is 0. The smallest absolute Gasteiger partial charge is 0.200 e. The largest absolute Gasteiger partial charge is 0.204 e. The Kier molecular flexibility index (Phi) is 19.4. The highest BCUT2D eigenvalue weighted by Crippen LogP contribution is 2.31. The van der Waals surface area contributed by atoms with Gasteiger partial charge in [0, 0.05) is 5.92 Å². The SMILES string of the molecule is [B]c1c(F)c(F)c(F)c(F)c1F.[B]c1c(F)c(F)c(F)c(F)c1F.[B]c1c(F)c(F)c(F)c(F)c1F.[B]c1c(F)c(F)c(F)c(F)c1F.c1ccc(C(c2ccccc2)c2ccccc2)cc1. The van der Waals surface area contributed by atoms with E-state index in [2.05, 4.69) is 122 Å². The van der Waals surface area contributed by atoms with E-state index in [0.29, 0.717) is 5.92 Å². The number of hydrogen-bond acceptors (Lipinski definition) is 0. The average Bonchev–Trinajstić information content (AvgIpc) is 3.35. The molecular formula is C43H16B4F20. The van der Waals surface area contributed by atoms with Crippen molar-refractivity contribution in [2.24, 2.45) is 0 Å². The predicted molar refractivity (Wildman–Crippen MR) is 207 cm³/mol. The molecule has 0 aliphatic rings. The maximum Gasteiger partial charge on any atom is 0.200 e. The topological polar surface area (TPSA) is 0 Å². The van der Waals surface area contributed by atoms with E-state index in [1.807, 2.05) is 0 Å². The molecule has 0 aliphatic heterocycles. The fourth-order valence-corrected chi connectivity index (χ4v) is 5.00. The summed E-state index contributed by atoms with van der Waals surface area (Å²) < 4.78 is 244. The lowest BCUT2D eigenvalue weighted by molar-refractivity contribution is 0.384. The Bertz CT molecular complexity index is 2070. The molecule has 8 radical (unpaired) electrons. The molecule has 0 bridgehead atoms. The maximum atomic E-state index is 12.3. The second-order valence-corrected chi connectivity index (χ2v) is 12.6. The second kappa shape index (κ2) is 23.7. The van der Waals surface area contributed by atoms with Gasteiger partial charge in [-0.3, -0.25) is 0 Å². The minimum absolute atomic E-state index is 0.309. The minimum atomic E-state index is -2.21. The lowest BCUT2D eigenvalue weighted by Gasteiger charge is -2.18. The van der Waals surface area contributed by atoms with E-state index in [1.165, 1.54) is 16.7 Å². The number of halogens is 20. The molecule has 0 saturated carbocycles. The van der Waals surface area contributed by atoms with Crippen molar-refractivity contribution >= 4 is 53.2 Å². The zero-order valence-electron chi connectivity index (χ0n) is 32.6. The van der Waals surface area contributed by atoms with Gasteiger partial charge in [0.1, 0.15) is 31.4 Å². The van der Waals surface area contributed by atoms with Gasteiger partial charge in [0.15, 0.2) is 116 Å². The first-order chi connectivity index (χ1) is 31.3. The predicted octanol–water partition coefficient (Wildman–Crippen LogP) is 9.57. The molecule has 0 N–H and O–H groups in total. The first-order valence-electron chi connectivity index (χ1n) is 17.5. The van der Waals surface area contributed by atoms with Crippen LogP contribution >= 0.6 is 0 Å². The van der Waals surface area contributed by atoms with Crippen LogP contribution in [0.5, 0.6) is 0 Å². The van der Waals surface area contributed by atoms with Crippen molar-refractivity contribution in [2.45, 2.75) is 5.92 Å². The first kappa shape index (κ1) is 54.7. The van der Waals surface area contributed by atoms with Crippen LogP contribution in [0.15, 0.2) is 91.0 Å². The number of benzene rings is 7. The fraction of sp³-hybridized carbons (Fsp3) is 0.0233. The van der Waals surface area contributed by atoms with Gasteiger partial charge in [-0.1, -0.05) is 91.0 Å². The van der Waals surface area contributed by atoms with E-state index in [-0.39, 0.29) is 0 Å². The summed E-state index contributed by atoms with van der Waals surface area (Å²) in [5.74, 6) is -40.9. The lowest BCUT2D eigenvalue weighted by Crippen LogP contribution is -2.20. The summed E-state index contributed by atoms with van der Waals surface area (Å²) in [6.07, 6.45) is 0. The number of rotatable bonds is 3. The summed E-state index contributed by atoms with van der Waals surface area (Å²) in [5, 5.41) is 0. The van der Waals surface area contributed by atoms with Crippen LogP contribution in [0.25, 0.3) is 0 Å². The Morgan fingerprint density at radius 3 is 0.448 bits per heavy atom. The van der Waals surface area contributed by atoms with Crippen LogP contribution in [0.1, 0.15) is 22.6 Å². The van der Waals surface area contributed by atoms with E-state index >= 15 is 0 Å². The molecule has 0 unspecified atom stereocenters. The molecule has 0 nitrogen and oxygen atoms in total. The molecule has 0 amide bonds. The average molecular weight is 956 g/mol. The first-order valence-corrected chi connectivity index (χ1v) is 17.5. The Hall–Kier alpha value is -6.60. The quantitative estimate of drug-likeness (QED) is 0.0545. The Balaban J connectivity index is 0.000000226. The fourth-order valence-electron chi connectivity index (χ4n) is 5.00. The van der Waals surface area contributed by atoms with Crippen LogP contribution in [-0.2, 0) is 0 Å². The van der Waals surface area contributed by atoms with E-state index in [4.69, 9.17) is 0 Å². The van der Waals surface area contributed by atoms with Crippen LogP contribution in [0.2, 0.25) is 0 Å². The second-order valence-electron chi connectivity index (χ2n) is 12.6. The van der Waals surface area contributed by atoms with Crippen molar-refractivity contribution in [1.29, 1.82) is 0 Å². The minimum Gasteiger partial charge on any atom is -0.204 e. The van der Waals surface area contributed by atoms with E-state index in [0.717, 1.165) is 0 Å². The number of hydrogen-bond donors (Lipinski definition) is 0. The Morgan fingerprint density at radius 1 is 0.194 bits per heavy atom. The van der Waals surface area contributed by atoms with Crippen molar-refractivity contribution in [3.63, 3.8) is 0 Å². The molecule has 67 heavy (non-hydrogen) atoms. The normalized spacial score (nSPS) is 10.5. The van der Waals surface area contributed by atoms with Crippen LogP contribution in [0.4, 0.5) is 87.8 Å². The van der Waals surface area contributed by atoms with Gasteiger partial charge in [-0.2, -0.15) is 0 Å². The van der Waals surface area contributed by atoms with Crippen LogP contribution in [0, 0.1) is 116 Å². The Labute approximate surface area is 370 Å². The van der Waals surface area contributed by atoms with E-state index in [9.17, 15) is 87.8 Å². The third kappa shape index (κ3) is 12.4. The molecule has 0 atom stereocenters. The molecule has 340 valence electrons. The van der Waals surface area contributed by atoms with Gasteiger partial charge in [-0.15, -0.1) is 0 Å². The molecule has 0 aromatic heterocycles. The van der Waals surface area contributed by atoms with Gasteiger partial charge in [0.25, 0.3) is 0 Å². The summed E-state index contributed by atoms with van der Waals surface area (Å²) in [6, 6.07) is 32.0. The molecule has 7 aromatic carbocycles. The highest BCUT2D eigenvalue weighted by Gasteiger charge is 2.25. The standard InChI is InChI=1S/C19H16.4C6BF5/c1-4-10-16(11-5-1)19(17-12-6-2-7-13-17)18-14-8-3-9-15-18;4*7-1-2(8)4(10)6(12)5(11)3(1)9/h1-15,19H;;;;. The molecule has 24 heteroatoms. The third-order valence-electron chi connectivity index (χ3n) is 8.37. The summed E-state index contributed by atoms with van der Waals surface area (Å²) in [5.41, 5.74) is -1.48. The Morgan fingerprint density at radius 2 is 0.313 bits per heavy atom. The highest BCUT2D eigenvalue weighted by atomic mass is 19.2. The molecule has 0 saturated heterocycles. The molecule has 7 rings (SSSR count). The lowest BCUT2D eigenvalue weighted by atomic mass is 9.85. The van der Waals surface area contributed by atoms with Crippen molar-refractivity contribution in [2.75, 3.05) is 0 Å². The van der Waals surface area contributed by atoms with Crippen LogP contribution in [-0.4, -0.2) is 31.4 Å². The third-order valence-corrected chi connectivity index (χ3v) is 8.37. The van der Waals surface area contributed by atoms with Crippen LogP contribution in [0.3, 0.4) is 0 Å². The molecule has 0 heterocycles. The van der Waals surface area contributed by atoms with Crippen molar-refractivity contribution in [3.8, 4) is 0 Å². The monoisotopic (exact) mass is 956 g/mol. The molecule has 0 fully saturated rings. The van der Waals surface area contributed by atoms with Crippen molar-refractivity contribution in [3.05, 3.63) is 224 Å². The molecular weight excluding hydrogens is 940 g/mol. The molecule has 0 aliphatic carbocycles. The summed E-state index contributed by atoms with van der Waals surface area (Å²) in [7, 11) is 18.2. The highest BCUT2D eigenvalue weighted by molar-refractivity contribution is 6.33. The summed E-state index contributed by atoms with van der Waals surface area (Å²) >= 11 is 0. The zero-order chi connectivity index (χ0) is 50.8. The van der Waals surface area contributed by atoms with Crippen molar-refractivity contribution < 1.29 is 87.8 Å². The van der Waals surface area contributed by atoms with Gasteiger partial charge >= 0.3 is 0 Å². The van der Waals surface area contributed by atoms with Crippen molar-refractivity contribution in [1.82, 2.24) is 0 Å². The van der Waals surface area contributed by atoms with Crippen LogP contribution < -0.4 is 21.9 Å². The molecule has 7 aromatic rings. The maximum absolute atomic E-state index is 12.3. The molecule has 0 spiro atoms. The van der Waals surface area contributed by atoms with Gasteiger partial charge in [-0.25, -0.2) is 87.8 Å². The van der Waals surface area contributed by atoms with Gasteiger partial charge in [0.2, 0.25) is 0 Å². The van der Waals surface area contributed by atoms with Gasteiger partial charge in [0.05, 0.1) is 0 Å². The summed E-state index contributed by atoms with van der Waals surface area (Å²) in [6.45, 7) is 0. The van der Waals surface area contributed by atoms with Gasteiger partial charge < -0.3 is 0 Å². The van der Waals surface area contributed by atoms with E-state index < -0.39 is 138 Å². The van der Waals surface area contributed by atoms with E-state index in [1.54, 1.807) is 0 Å².